The van der Waals surface area contributed by atoms with Crippen LogP contribution in [0.4, 0.5) is 0 Å². The quantitative estimate of drug-likeness (QED) is 0.828. The van der Waals surface area contributed by atoms with Gasteiger partial charge >= 0.3 is 0 Å². The third-order valence-corrected chi connectivity index (χ3v) is 5.99. The topological polar surface area (TPSA) is 12.0 Å². The molecule has 0 spiro atoms. The molecule has 1 fully saturated rings. The van der Waals surface area contributed by atoms with Crippen molar-refractivity contribution in [3.63, 3.8) is 0 Å². The molecule has 112 valence electrons. The number of fused-ring (bicyclic) bond motifs is 3. The number of hydrogen-bond acceptors (Lipinski definition) is 2. The molecule has 1 saturated carbocycles. The molecule has 3 heteroatoms. The largest absolute Gasteiger partial charge is 0.316 e. The van der Waals surface area contributed by atoms with E-state index in [-0.39, 0.29) is 12.4 Å². The molecule has 0 aliphatic heterocycles. The molecule has 21 heavy (non-hydrogen) atoms. The summed E-state index contributed by atoms with van der Waals surface area (Å²) in [7, 11) is 2.08. The van der Waals surface area contributed by atoms with E-state index in [2.05, 4.69) is 42.0 Å². The average Bonchev–Trinajstić information content (AvgIpc) is 3.07. The Morgan fingerprint density at radius 2 is 2.14 bits per heavy atom. The second kappa shape index (κ2) is 6.12. The SMILES string of the molecule is CNCC1=C(c2cccc3ccsc23)[C@@H]2CCC(C1)C2.Cl. The molecule has 1 N–H and O–H groups in total. The Morgan fingerprint density at radius 1 is 1.24 bits per heavy atom. The Hall–Kier alpha value is -0.830. The minimum Gasteiger partial charge on any atom is -0.316 e. The highest BCUT2D eigenvalue weighted by atomic mass is 35.5. The van der Waals surface area contributed by atoms with Crippen LogP contribution in [0.1, 0.15) is 31.2 Å². The molecule has 1 aromatic carbocycles. The lowest BCUT2D eigenvalue weighted by Gasteiger charge is -2.27. The van der Waals surface area contributed by atoms with E-state index in [0.29, 0.717) is 0 Å². The van der Waals surface area contributed by atoms with Crippen molar-refractivity contribution in [3.05, 3.63) is 40.8 Å². The van der Waals surface area contributed by atoms with Crippen LogP contribution < -0.4 is 5.32 Å². The van der Waals surface area contributed by atoms with Gasteiger partial charge in [-0.1, -0.05) is 23.8 Å². The van der Waals surface area contributed by atoms with E-state index < -0.39 is 0 Å². The lowest BCUT2D eigenvalue weighted by molar-refractivity contribution is 0.503. The monoisotopic (exact) mass is 319 g/mol. The fraction of sp³-hybridized carbons (Fsp3) is 0.444. The summed E-state index contributed by atoms with van der Waals surface area (Å²) in [4.78, 5) is 0. The highest BCUT2D eigenvalue weighted by Crippen LogP contribution is 2.50. The number of rotatable bonds is 3. The summed E-state index contributed by atoms with van der Waals surface area (Å²) in [6.07, 6.45) is 5.57. The van der Waals surface area contributed by atoms with Crippen LogP contribution in [-0.4, -0.2) is 13.6 Å². The van der Waals surface area contributed by atoms with Crippen molar-refractivity contribution in [1.29, 1.82) is 0 Å². The van der Waals surface area contributed by atoms with Gasteiger partial charge in [0.1, 0.15) is 0 Å². The van der Waals surface area contributed by atoms with Gasteiger partial charge in [0.15, 0.2) is 0 Å². The van der Waals surface area contributed by atoms with Gasteiger partial charge in [-0.25, -0.2) is 0 Å². The highest BCUT2D eigenvalue weighted by Gasteiger charge is 2.35. The van der Waals surface area contributed by atoms with Crippen molar-refractivity contribution in [2.24, 2.45) is 11.8 Å². The van der Waals surface area contributed by atoms with Gasteiger partial charge < -0.3 is 5.32 Å². The van der Waals surface area contributed by atoms with Crippen LogP contribution in [0.15, 0.2) is 35.2 Å². The maximum atomic E-state index is 3.39. The second-order valence-electron chi connectivity index (χ2n) is 6.27. The van der Waals surface area contributed by atoms with E-state index in [1.165, 1.54) is 41.3 Å². The van der Waals surface area contributed by atoms with Gasteiger partial charge in [-0.15, -0.1) is 23.7 Å². The summed E-state index contributed by atoms with van der Waals surface area (Å²) in [5, 5.41) is 7.03. The molecule has 1 aromatic heterocycles. The lowest BCUT2D eigenvalue weighted by Crippen LogP contribution is -2.19. The third kappa shape index (κ3) is 2.54. The fourth-order valence-corrected chi connectivity index (χ4v) is 5.19. The summed E-state index contributed by atoms with van der Waals surface area (Å²) in [5.41, 5.74) is 4.88. The van der Waals surface area contributed by atoms with Crippen LogP contribution in [0, 0.1) is 11.8 Å². The molecule has 1 nitrogen and oxygen atoms in total. The van der Waals surface area contributed by atoms with Crippen molar-refractivity contribution in [3.8, 4) is 0 Å². The van der Waals surface area contributed by atoms with E-state index in [1.54, 1.807) is 11.1 Å². The Kier molecular flexibility index (Phi) is 4.39. The van der Waals surface area contributed by atoms with Crippen molar-refractivity contribution < 1.29 is 0 Å². The molecule has 2 aromatic rings. The molecular formula is C18H22ClNS. The summed E-state index contributed by atoms with van der Waals surface area (Å²) in [6.45, 7) is 1.06. The van der Waals surface area contributed by atoms with E-state index >= 15 is 0 Å². The first-order chi connectivity index (χ1) is 9.86. The lowest BCUT2D eigenvalue weighted by atomic mass is 9.79. The van der Waals surface area contributed by atoms with E-state index in [9.17, 15) is 0 Å². The van der Waals surface area contributed by atoms with Gasteiger partial charge in [-0.2, -0.15) is 0 Å². The van der Waals surface area contributed by atoms with Gasteiger partial charge in [-0.3, -0.25) is 0 Å². The molecule has 1 heterocycles. The standard InChI is InChI=1S/C18H21NS.ClH/c1-19-11-15-10-12-5-6-14(9-12)17(15)16-4-2-3-13-7-8-20-18(13)16;/h2-4,7-8,12,14,19H,5-6,9-11H2,1H3;1H/t12?,14-;/m1./s1. The Bertz CT molecular complexity index is 673. The van der Waals surface area contributed by atoms with Crippen LogP contribution in [-0.2, 0) is 0 Å². The van der Waals surface area contributed by atoms with Crippen LogP contribution >= 0.6 is 23.7 Å². The Labute approximate surface area is 136 Å². The van der Waals surface area contributed by atoms with Gasteiger partial charge in [0.2, 0.25) is 0 Å². The molecule has 0 saturated heterocycles. The first-order valence-electron chi connectivity index (χ1n) is 7.70. The van der Waals surface area contributed by atoms with E-state index in [4.69, 9.17) is 0 Å². The summed E-state index contributed by atoms with van der Waals surface area (Å²) >= 11 is 1.90. The summed E-state index contributed by atoms with van der Waals surface area (Å²) in [6, 6.07) is 9.08. The molecule has 2 bridgehead atoms. The minimum absolute atomic E-state index is 0. The second-order valence-corrected chi connectivity index (χ2v) is 7.19. The number of nitrogens with one attached hydrogen (secondary N) is 1. The highest BCUT2D eigenvalue weighted by molar-refractivity contribution is 7.17. The fourth-order valence-electron chi connectivity index (χ4n) is 4.27. The van der Waals surface area contributed by atoms with Gasteiger partial charge in [0.25, 0.3) is 0 Å². The van der Waals surface area contributed by atoms with Crippen LogP contribution in [0.25, 0.3) is 15.7 Å². The molecule has 2 aliphatic carbocycles. The van der Waals surface area contributed by atoms with Crippen molar-refractivity contribution in [2.45, 2.75) is 25.7 Å². The molecule has 2 aliphatic rings. The van der Waals surface area contributed by atoms with E-state index in [1.807, 2.05) is 11.3 Å². The molecule has 2 atom stereocenters. The van der Waals surface area contributed by atoms with Crippen LogP contribution in [0.5, 0.6) is 0 Å². The number of halogens is 1. The first kappa shape index (κ1) is 15.1. The maximum Gasteiger partial charge on any atom is 0.0417 e. The van der Waals surface area contributed by atoms with Gasteiger partial charge in [0, 0.05) is 11.2 Å². The number of likely N-dealkylation sites (N-methyl/N-ethyl adjacent to an activating group) is 1. The Balaban J connectivity index is 0.00000132. The molecule has 0 amide bonds. The summed E-state index contributed by atoms with van der Waals surface area (Å²) < 4.78 is 1.49. The number of allylic oxidation sites excluding steroid dienone is 1. The minimum atomic E-state index is 0. The van der Waals surface area contributed by atoms with E-state index in [0.717, 1.165) is 18.4 Å². The number of thiophene rings is 1. The third-order valence-electron chi connectivity index (χ3n) is 5.02. The average molecular weight is 320 g/mol. The zero-order chi connectivity index (χ0) is 13.5. The predicted molar refractivity (Wildman–Crippen MR) is 95.4 cm³/mol. The molecular weight excluding hydrogens is 298 g/mol. The molecule has 4 rings (SSSR count). The molecule has 1 unspecified atom stereocenters. The van der Waals surface area contributed by atoms with Crippen molar-refractivity contribution in [1.82, 2.24) is 5.32 Å². The smallest absolute Gasteiger partial charge is 0.0417 e. The van der Waals surface area contributed by atoms with Gasteiger partial charge in [-0.05, 0) is 72.5 Å². The van der Waals surface area contributed by atoms with Crippen LogP contribution in [0.3, 0.4) is 0 Å². The van der Waals surface area contributed by atoms with Crippen molar-refractivity contribution in [2.75, 3.05) is 13.6 Å². The van der Waals surface area contributed by atoms with Gasteiger partial charge in [0.05, 0.1) is 0 Å². The van der Waals surface area contributed by atoms with Crippen LogP contribution in [0.2, 0.25) is 0 Å². The number of hydrogen-bond donors (Lipinski definition) is 1. The zero-order valence-electron chi connectivity index (χ0n) is 12.4. The maximum absolute atomic E-state index is 3.39. The summed E-state index contributed by atoms with van der Waals surface area (Å²) in [5.74, 6) is 1.76. The predicted octanol–water partition coefficient (Wildman–Crippen LogP) is 5.12. The molecule has 0 radical (unpaired) electrons. The zero-order valence-corrected chi connectivity index (χ0v) is 14.0. The number of benzene rings is 1. The Morgan fingerprint density at radius 3 is 3.00 bits per heavy atom. The van der Waals surface area contributed by atoms with Crippen molar-refractivity contribution >= 4 is 39.4 Å². The first-order valence-corrected chi connectivity index (χ1v) is 8.58. The normalized spacial score (nSPS) is 24.4.